The van der Waals surface area contributed by atoms with Gasteiger partial charge in [-0.25, -0.2) is 0 Å². The number of benzene rings is 2. The van der Waals surface area contributed by atoms with Crippen molar-refractivity contribution in [2.45, 2.75) is 45.3 Å². The van der Waals surface area contributed by atoms with E-state index < -0.39 is 0 Å². The second-order valence-corrected chi connectivity index (χ2v) is 6.79. The Hall–Kier alpha value is -2.53. The van der Waals surface area contributed by atoms with Gasteiger partial charge in [0.05, 0.1) is 12.2 Å². The van der Waals surface area contributed by atoms with Gasteiger partial charge >= 0.3 is 0 Å². The van der Waals surface area contributed by atoms with Gasteiger partial charge in [0.15, 0.2) is 0 Å². The minimum absolute atomic E-state index is 0.137. The average Bonchev–Trinajstić information content (AvgIpc) is 3.20. The number of hydrogen-bond acceptors (Lipinski definition) is 4. The lowest BCUT2D eigenvalue weighted by molar-refractivity contribution is 0.0679. The van der Waals surface area contributed by atoms with Crippen LogP contribution in [0.2, 0.25) is 0 Å². The summed E-state index contributed by atoms with van der Waals surface area (Å²) in [6.07, 6.45) is 3.38. The molecule has 1 aliphatic heterocycles. The number of nitrogens with one attached hydrogen (secondary N) is 1. The third-order valence-electron chi connectivity index (χ3n) is 4.58. The van der Waals surface area contributed by atoms with Crippen LogP contribution >= 0.6 is 0 Å². The Kier molecular flexibility index (Phi) is 6.71. The van der Waals surface area contributed by atoms with Crippen molar-refractivity contribution in [1.82, 2.24) is 0 Å². The molecule has 144 valence electrons. The van der Waals surface area contributed by atoms with E-state index >= 15 is 0 Å². The summed E-state index contributed by atoms with van der Waals surface area (Å²) in [5.74, 6) is 1.33. The lowest BCUT2D eigenvalue weighted by Gasteiger charge is -2.14. The first kappa shape index (κ1) is 19.2. The zero-order valence-corrected chi connectivity index (χ0v) is 15.9. The van der Waals surface area contributed by atoms with Crippen LogP contribution in [0.15, 0.2) is 48.5 Å². The molecule has 2 aromatic rings. The molecule has 27 heavy (non-hydrogen) atoms. The fourth-order valence-corrected chi connectivity index (χ4v) is 2.83. The molecular formula is C22H27NO4. The maximum Gasteiger partial charge on any atom is 0.255 e. The maximum atomic E-state index is 12.5. The van der Waals surface area contributed by atoms with Gasteiger partial charge in [0.1, 0.15) is 18.1 Å². The van der Waals surface area contributed by atoms with Crippen molar-refractivity contribution in [2.75, 3.05) is 18.5 Å². The summed E-state index contributed by atoms with van der Waals surface area (Å²) < 4.78 is 17.1. The van der Waals surface area contributed by atoms with Crippen LogP contribution in [0.25, 0.3) is 0 Å². The molecule has 3 rings (SSSR count). The van der Waals surface area contributed by atoms with E-state index in [-0.39, 0.29) is 18.1 Å². The molecule has 0 bridgehead atoms. The van der Waals surface area contributed by atoms with Crippen LogP contribution in [-0.4, -0.2) is 31.3 Å². The number of carbonyl (C=O) groups is 1. The molecular weight excluding hydrogens is 342 g/mol. The normalized spacial score (nSPS) is 17.3. The zero-order chi connectivity index (χ0) is 19.1. The van der Waals surface area contributed by atoms with Crippen LogP contribution in [0.5, 0.6) is 11.5 Å². The molecule has 1 saturated heterocycles. The minimum atomic E-state index is -0.165. The number of hydrogen-bond donors (Lipinski definition) is 1. The SMILES string of the molecule is CCC(C)Oc1cccc(NC(=O)c2ccc(OCC3CCCO3)cc2)c1. The van der Waals surface area contributed by atoms with Crippen LogP contribution in [0.4, 0.5) is 5.69 Å². The zero-order valence-electron chi connectivity index (χ0n) is 15.9. The smallest absolute Gasteiger partial charge is 0.255 e. The first-order valence-electron chi connectivity index (χ1n) is 9.56. The van der Waals surface area contributed by atoms with Crippen molar-refractivity contribution in [1.29, 1.82) is 0 Å². The quantitative estimate of drug-likeness (QED) is 0.734. The Morgan fingerprint density at radius 1 is 1.22 bits per heavy atom. The van der Waals surface area contributed by atoms with Gasteiger partial charge in [-0.1, -0.05) is 13.0 Å². The molecule has 0 radical (unpaired) electrons. The third-order valence-corrected chi connectivity index (χ3v) is 4.58. The topological polar surface area (TPSA) is 56.8 Å². The van der Waals surface area contributed by atoms with Gasteiger partial charge in [0.25, 0.3) is 5.91 Å². The van der Waals surface area contributed by atoms with Gasteiger partial charge < -0.3 is 19.5 Å². The largest absolute Gasteiger partial charge is 0.491 e. The molecule has 5 heteroatoms. The highest BCUT2D eigenvalue weighted by Gasteiger charge is 2.16. The Morgan fingerprint density at radius 3 is 2.74 bits per heavy atom. The number of ether oxygens (including phenoxy) is 3. The van der Waals surface area contributed by atoms with Crippen LogP contribution in [0.3, 0.4) is 0 Å². The van der Waals surface area contributed by atoms with Crippen LogP contribution in [-0.2, 0) is 4.74 Å². The Balaban J connectivity index is 1.55. The first-order chi connectivity index (χ1) is 13.1. The van der Waals surface area contributed by atoms with E-state index in [4.69, 9.17) is 14.2 Å². The highest BCUT2D eigenvalue weighted by atomic mass is 16.5. The molecule has 5 nitrogen and oxygen atoms in total. The van der Waals surface area contributed by atoms with E-state index in [2.05, 4.69) is 12.2 Å². The average molecular weight is 369 g/mol. The Morgan fingerprint density at radius 2 is 2.04 bits per heavy atom. The van der Waals surface area contributed by atoms with E-state index in [9.17, 15) is 4.79 Å². The monoisotopic (exact) mass is 369 g/mol. The van der Waals surface area contributed by atoms with E-state index in [0.29, 0.717) is 17.9 Å². The maximum absolute atomic E-state index is 12.5. The number of amides is 1. The number of rotatable bonds is 8. The lowest BCUT2D eigenvalue weighted by atomic mass is 10.2. The summed E-state index contributed by atoms with van der Waals surface area (Å²) in [6, 6.07) is 14.6. The number of carbonyl (C=O) groups excluding carboxylic acids is 1. The fourth-order valence-electron chi connectivity index (χ4n) is 2.83. The molecule has 0 aromatic heterocycles. The van der Waals surface area contributed by atoms with E-state index in [1.165, 1.54) is 0 Å². The summed E-state index contributed by atoms with van der Waals surface area (Å²) in [5.41, 5.74) is 1.28. The molecule has 0 saturated carbocycles. The van der Waals surface area contributed by atoms with Gasteiger partial charge in [-0.3, -0.25) is 4.79 Å². The molecule has 1 amide bonds. The summed E-state index contributed by atoms with van der Waals surface area (Å²) in [7, 11) is 0. The predicted octanol–water partition coefficient (Wildman–Crippen LogP) is 4.67. The summed E-state index contributed by atoms with van der Waals surface area (Å²) in [4.78, 5) is 12.5. The van der Waals surface area contributed by atoms with Crippen molar-refractivity contribution < 1.29 is 19.0 Å². The Labute approximate surface area is 160 Å². The predicted molar refractivity (Wildman–Crippen MR) is 106 cm³/mol. The van der Waals surface area contributed by atoms with Crippen LogP contribution < -0.4 is 14.8 Å². The minimum Gasteiger partial charge on any atom is -0.491 e. The molecule has 2 atom stereocenters. The van der Waals surface area contributed by atoms with E-state index in [1.807, 2.05) is 43.3 Å². The molecule has 2 aromatic carbocycles. The lowest BCUT2D eigenvalue weighted by Crippen LogP contribution is -2.16. The Bertz CT molecular complexity index is 738. The fraction of sp³-hybridized carbons (Fsp3) is 0.409. The van der Waals surface area contributed by atoms with E-state index in [1.54, 1.807) is 12.1 Å². The van der Waals surface area contributed by atoms with Gasteiger partial charge in [-0.05, 0) is 62.6 Å². The molecule has 1 N–H and O–H groups in total. The molecule has 1 aliphatic rings. The highest BCUT2D eigenvalue weighted by Crippen LogP contribution is 2.21. The first-order valence-corrected chi connectivity index (χ1v) is 9.56. The van der Waals surface area contributed by atoms with Crippen molar-refractivity contribution in [3.63, 3.8) is 0 Å². The van der Waals surface area contributed by atoms with Crippen LogP contribution in [0, 0.1) is 0 Å². The van der Waals surface area contributed by atoms with Gasteiger partial charge in [0.2, 0.25) is 0 Å². The second-order valence-electron chi connectivity index (χ2n) is 6.79. The number of anilines is 1. The summed E-state index contributed by atoms with van der Waals surface area (Å²) in [6.45, 7) is 5.46. The van der Waals surface area contributed by atoms with Crippen molar-refractivity contribution >= 4 is 11.6 Å². The molecule has 0 aliphatic carbocycles. The van der Waals surface area contributed by atoms with Crippen molar-refractivity contribution in [3.05, 3.63) is 54.1 Å². The molecule has 2 unspecified atom stereocenters. The van der Waals surface area contributed by atoms with Gasteiger partial charge in [0, 0.05) is 23.9 Å². The molecule has 1 heterocycles. The van der Waals surface area contributed by atoms with Crippen LogP contribution in [0.1, 0.15) is 43.5 Å². The van der Waals surface area contributed by atoms with Crippen molar-refractivity contribution in [2.24, 2.45) is 0 Å². The van der Waals surface area contributed by atoms with E-state index in [0.717, 1.165) is 37.4 Å². The standard InChI is InChI=1S/C22H27NO4/c1-3-16(2)27-20-7-4-6-18(14-20)23-22(24)17-9-11-19(12-10-17)26-15-21-8-5-13-25-21/h4,6-7,9-12,14,16,21H,3,5,8,13,15H2,1-2H3,(H,23,24). The third kappa shape index (κ3) is 5.73. The molecule has 1 fully saturated rings. The molecule has 0 spiro atoms. The van der Waals surface area contributed by atoms with Crippen molar-refractivity contribution in [3.8, 4) is 11.5 Å². The summed E-state index contributed by atoms with van der Waals surface area (Å²) >= 11 is 0. The van der Waals surface area contributed by atoms with Gasteiger partial charge in [-0.15, -0.1) is 0 Å². The highest BCUT2D eigenvalue weighted by molar-refractivity contribution is 6.04. The van der Waals surface area contributed by atoms with Gasteiger partial charge in [-0.2, -0.15) is 0 Å². The summed E-state index contributed by atoms with van der Waals surface area (Å²) in [5, 5.41) is 2.91. The second kappa shape index (κ2) is 9.42.